The van der Waals surface area contributed by atoms with Crippen molar-refractivity contribution in [2.45, 2.75) is 36.5 Å². The number of rotatable bonds is 4. The molecule has 0 radical (unpaired) electrons. The van der Waals surface area contributed by atoms with E-state index in [9.17, 15) is 8.78 Å². The first-order valence-electron chi connectivity index (χ1n) is 6.40. The molecule has 0 N–H and O–H groups in total. The maximum atomic E-state index is 14.1. The van der Waals surface area contributed by atoms with Gasteiger partial charge in [-0.05, 0) is 36.1 Å². The van der Waals surface area contributed by atoms with E-state index in [0.29, 0.717) is 33.8 Å². The van der Waals surface area contributed by atoms with Gasteiger partial charge in [0.05, 0.1) is 0 Å². The number of halogens is 2. The molecule has 3 heteroatoms. The van der Waals surface area contributed by atoms with Crippen LogP contribution in [0.15, 0.2) is 46.2 Å². The molecule has 2 aromatic carbocycles. The minimum Gasteiger partial charge on any atom is -0.205 e. The molecule has 0 nitrogen and oxygen atoms in total. The van der Waals surface area contributed by atoms with Crippen LogP contribution in [0.25, 0.3) is 0 Å². The van der Waals surface area contributed by atoms with Crippen LogP contribution in [-0.4, -0.2) is 0 Å². The molecular formula is C16H16F2S. The molecule has 2 aromatic rings. The zero-order valence-electron chi connectivity index (χ0n) is 11.0. The average molecular weight is 278 g/mol. The highest BCUT2D eigenvalue weighted by molar-refractivity contribution is 7.99. The SMILES string of the molecule is CCc1cccc(Sc2cccc(CC)c2F)c1F. The van der Waals surface area contributed by atoms with E-state index in [1.807, 2.05) is 26.0 Å². The molecule has 0 bridgehead atoms. The van der Waals surface area contributed by atoms with E-state index in [1.54, 1.807) is 24.3 Å². The molecule has 100 valence electrons. The van der Waals surface area contributed by atoms with Gasteiger partial charge in [0, 0.05) is 9.79 Å². The fourth-order valence-corrected chi connectivity index (χ4v) is 2.91. The topological polar surface area (TPSA) is 0 Å². The van der Waals surface area contributed by atoms with E-state index < -0.39 is 0 Å². The zero-order valence-corrected chi connectivity index (χ0v) is 11.9. The molecule has 0 spiro atoms. The van der Waals surface area contributed by atoms with Crippen LogP contribution >= 0.6 is 11.8 Å². The van der Waals surface area contributed by atoms with Gasteiger partial charge < -0.3 is 0 Å². The van der Waals surface area contributed by atoms with Crippen LogP contribution in [0, 0.1) is 11.6 Å². The van der Waals surface area contributed by atoms with Crippen molar-refractivity contribution in [1.29, 1.82) is 0 Å². The lowest BCUT2D eigenvalue weighted by Crippen LogP contribution is -1.93. The van der Waals surface area contributed by atoms with Crippen LogP contribution in [0.4, 0.5) is 8.78 Å². The quantitative estimate of drug-likeness (QED) is 0.737. The summed E-state index contributed by atoms with van der Waals surface area (Å²) in [6.07, 6.45) is 1.27. The summed E-state index contributed by atoms with van der Waals surface area (Å²) < 4.78 is 28.3. The highest BCUT2D eigenvalue weighted by Gasteiger charge is 2.12. The van der Waals surface area contributed by atoms with Gasteiger partial charge >= 0.3 is 0 Å². The van der Waals surface area contributed by atoms with Gasteiger partial charge in [0.2, 0.25) is 0 Å². The van der Waals surface area contributed by atoms with Crippen molar-refractivity contribution in [3.05, 3.63) is 59.2 Å². The van der Waals surface area contributed by atoms with Crippen LogP contribution < -0.4 is 0 Å². The molecular weight excluding hydrogens is 262 g/mol. The van der Waals surface area contributed by atoms with Gasteiger partial charge in [-0.25, -0.2) is 8.78 Å². The van der Waals surface area contributed by atoms with Crippen LogP contribution in [-0.2, 0) is 12.8 Å². The van der Waals surface area contributed by atoms with Crippen molar-refractivity contribution >= 4 is 11.8 Å². The summed E-state index contributed by atoms with van der Waals surface area (Å²) in [5, 5.41) is 0. The minimum absolute atomic E-state index is 0.240. The molecule has 0 fully saturated rings. The summed E-state index contributed by atoms with van der Waals surface area (Å²) in [6.45, 7) is 3.82. The molecule has 0 saturated carbocycles. The highest BCUT2D eigenvalue weighted by Crippen LogP contribution is 2.33. The van der Waals surface area contributed by atoms with Crippen LogP contribution in [0.5, 0.6) is 0 Å². The molecule has 0 aromatic heterocycles. The molecule has 0 unspecified atom stereocenters. The van der Waals surface area contributed by atoms with Crippen LogP contribution in [0.1, 0.15) is 25.0 Å². The van der Waals surface area contributed by atoms with Crippen LogP contribution in [0.2, 0.25) is 0 Å². The third kappa shape index (κ3) is 2.98. The van der Waals surface area contributed by atoms with Crippen molar-refractivity contribution in [1.82, 2.24) is 0 Å². The molecule has 0 amide bonds. The van der Waals surface area contributed by atoms with Gasteiger partial charge in [-0.3, -0.25) is 0 Å². The Bertz CT molecular complexity index is 527. The Labute approximate surface area is 116 Å². The summed E-state index contributed by atoms with van der Waals surface area (Å²) in [5.74, 6) is -0.479. The van der Waals surface area contributed by atoms with Gasteiger partial charge in [-0.2, -0.15) is 0 Å². The first-order chi connectivity index (χ1) is 9.17. The number of hydrogen-bond donors (Lipinski definition) is 0. The first kappa shape index (κ1) is 14.1. The first-order valence-corrected chi connectivity index (χ1v) is 7.21. The minimum atomic E-state index is -0.240. The van der Waals surface area contributed by atoms with Crippen molar-refractivity contribution in [2.24, 2.45) is 0 Å². The van der Waals surface area contributed by atoms with E-state index in [1.165, 1.54) is 0 Å². The Morgan fingerprint density at radius 3 is 1.58 bits per heavy atom. The molecule has 0 aliphatic heterocycles. The molecule has 0 aliphatic rings. The summed E-state index contributed by atoms with van der Waals surface area (Å²) >= 11 is 1.15. The summed E-state index contributed by atoms with van der Waals surface area (Å²) in [4.78, 5) is 0.956. The molecule has 0 atom stereocenters. The van der Waals surface area contributed by atoms with Crippen molar-refractivity contribution in [2.75, 3.05) is 0 Å². The summed E-state index contributed by atoms with van der Waals surface area (Å²) in [5.41, 5.74) is 1.33. The van der Waals surface area contributed by atoms with E-state index in [2.05, 4.69) is 0 Å². The van der Waals surface area contributed by atoms with Crippen LogP contribution in [0.3, 0.4) is 0 Å². The van der Waals surface area contributed by atoms with E-state index in [-0.39, 0.29) is 11.6 Å². The third-order valence-corrected chi connectivity index (χ3v) is 4.14. The lowest BCUT2D eigenvalue weighted by molar-refractivity contribution is 0.580. The van der Waals surface area contributed by atoms with Crippen molar-refractivity contribution in [3.63, 3.8) is 0 Å². The van der Waals surface area contributed by atoms with Gasteiger partial charge in [-0.15, -0.1) is 0 Å². The summed E-state index contributed by atoms with van der Waals surface area (Å²) in [7, 11) is 0. The maximum absolute atomic E-state index is 14.1. The third-order valence-electron chi connectivity index (χ3n) is 3.07. The molecule has 2 rings (SSSR count). The highest BCUT2D eigenvalue weighted by atomic mass is 32.2. The number of aryl methyl sites for hydroxylation is 2. The Balaban J connectivity index is 2.36. The van der Waals surface area contributed by atoms with Gasteiger partial charge in [0.15, 0.2) is 0 Å². The summed E-state index contributed by atoms with van der Waals surface area (Å²) in [6, 6.07) is 10.5. The Morgan fingerprint density at radius 1 is 0.789 bits per heavy atom. The Kier molecular flexibility index (Phi) is 4.59. The molecule has 0 aliphatic carbocycles. The monoisotopic (exact) mass is 278 g/mol. The van der Waals surface area contributed by atoms with Gasteiger partial charge in [0.1, 0.15) is 11.6 Å². The fourth-order valence-electron chi connectivity index (χ4n) is 1.93. The number of hydrogen-bond acceptors (Lipinski definition) is 1. The predicted octanol–water partition coefficient (Wildman–Crippen LogP) is 5.24. The van der Waals surface area contributed by atoms with E-state index in [4.69, 9.17) is 0 Å². The normalized spacial score (nSPS) is 10.7. The largest absolute Gasteiger partial charge is 0.205 e. The molecule has 0 saturated heterocycles. The fraction of sp³-hybridized carbons (Fsp3) is 0.250. The maximum Gasteiger partial charge on any atom is 0.140 e. The molecule has 0 heterocycles. The second-order valence-corrected chi connectivity index (χ2v) is 5.35. The predicted molar refractivity (Wildman–Crippen MR) is 75.7 cm³/mol. The van der Waals surface area contributed by atoms with E-state index in [0.717, 1.165) is 11.8 Å². The Hall–Kier alpha value is -1.35. The van der Waals surface area contributed by atoms with Crippen molar-refractivity contribution < 1.29 is 8.78 Å². The smallest absolute Gasteiger partial charge is 0.140 e. The second kappa shape index (κ2) is 6.20. The van der Waals surface area contributed by atoms with Gasteiger partial charge in [-0.1, -0.05) is 49.9 Å². The standard InChI is InChI=1S/C16H16F2S/c1-3-11-7-5-9-13(15(11)17)19-14-10-6-8-12(4-2)16(14)18/h5-10H,3-4H2,1-2H3. The number of benzene rings is 2. The zero-order chi connectivity index (χ0) is 13.8. The average Bonchev–Trinajstić information content (AvgIpc) is 2.43. The van der Waals surface area contributed by atoms with Gasteiger partial charge in [0.25, 0.3) is 0 Å². The Morgan fingerprint density at radius 2 is 1.21 bits per heavy atom. The van der Waals surface area contributed by atoms with Crippen molar-refractivity contribution in [3.8, 4) is 0 Å². The lowest BCUT2D eigenvalue weighted by atomic mass is 10.1. The lowest BCUT2D eigenvalue weighted by Gasteiger charge is -2.09. The molecule has 19 heavy (non-hydrogen) atoms. The van der Waals surface area contributed by atoms with E-state index >= 15 is 0 Å². The second-order valence-electron chi connectivity index (χ2n) is 4.27.